The zero-order chi connectivity index (χ0) is 13.8. The summed E-state index contributed by atoms with van der Waals surface area (Å²) in [5, 5.41) is 2.63. The second kappa shape index (κ2) is 5.75. The molecule has 19 heavy (non-hydrogen) atoms. The summed E-state index contributed by atoms with van der Waals surface area (Å²) in [6.45, 7) is 1.58. The highest BCUT2D eigenvalue weighted by Crippen LogP contribution is 2.17. The van der Waals surface area contributed by atoms with Gasteiger partial charge in [0, 0.05) is 12.1 Å². The molecule has 0 bridgehead atoms. The van der Waals surface area contributed by atoms with Gasteiger partial charge in [-0.1, -0.05) is 18.2 Å². The molecule has 5 heteroatoms. The van der Waals surface area contributed by atoms with Gasteiger partial charge in [-0.25, -0.2) is 4.39 Å². The molecule has 2 aromatic rings. The van der Waals surface area contributed by atoms with Gasteiger partial charge in [0.2, 0.25) is 0 Å². The molecular weight excluding hydrogens is 265 g/mol. The Bertz CT molecular complexity index is 621. The van der Waals surface area contributed by atoms with Crippen molar-refractivity contribution in [2.24, 2.45) is 0 Å². The highest BCUT2D eigenvalue weighted by atomic mass is 32.1. The minimum atomic E-state index is -0.349. The van der Waals surface area contributed by atoms with Gasteiger partial charge in [-0.05, 0) is 25.1 Å². The van der Waals surface area contributed by atoms with Crippen LogP contribution in [0.3, 0.4) is 0 Å². The molecule has 2 rings (SSSR count). The van der Waals surface area contributed by atoms with Crippen molar-refractivity contribution in [2.45, 2.75) is 13.5 Å². The van der Waals surface area contributed by atoms with E-state index in [4.69, 9.17) is 0 Å². The van der Waals surface area contributed by atoms with Gasteiger partial charge >= 0.3 is 0 Å². The molecule has 0 aliphatic rings. The molecule has 1 aromatic heterocycles. The third-order valence-corrected chi connectivity index (χ3v) is 3.76. The Kier molecular flexibility index (Phi) is 4.06. The predicted octanol–water partition coefficient (Wildman–Crippen LogP) is 3.02. The molecule has 1 amide bonds. The quantitative estimate of drug-likeness (QED) is 0.873. The summed E-state index contributed by atoms with van der Waals surface area (Å²) >= 11 is 1.13. The number of Topliss-reactive ketones (excluding diaryl/α,β-unsaturated/α-hetero) is 1. The molecule has 3 nitrogen and oxygen atoms in total. The second-order valence-electron chi connectivity index (χ2n) is 3.99. The van der Waals surface area contributed by atoms with E-state index in [0.717, 1.165) is 11.3 Å². The van der Waals surface area contributed by atoms with Crippen LogP contribution in [0.25, 0.3) is 0 Å². The van der Waals surface area contributed by atoms with Crippen molar-refractivity contribution >= 4 is 23.0 Å². The maximum absolute atomic E-state index is 13.4. The van der Waals surface area contributed by atoms with Crippen molar-refractivity contribution in [1.29, 1.82) is 0 Å². The fourth-order valence-corrected chi connectivity index (χ4v) is 2.37. The van der Waals surface area contributed by atoms with Crippen molar-refractivity contribution in [1.82, 2.24) is 5.32 Å². The van der Waals surface area contributed by atoms with Gasteiger partial charge in [-0.2, -0.15) is 0 Å². The lowest BCUT2D eigenvalue weighted by molar-refractivity contribution is 0.0954. The van der Waals surface area contributed by atoms with Crippen LogP contribution in [0, 0.1) is 5.82 Å². The summed E-state index contributed by atoms with van der Waals surface area (Å²) < 4.78 is 13.4. The molecule has 0 fully saturated rings. The minimum Gasteiger partial charge on any atom is -0.347 e. The Morgan fingerprint density at radius 3 is 2.47 bits per heavy atom. The van der Waals surface area contributed by atoms with Crippen LogP contribution in [0.4, 0.5) is 4.39 Å². The molecule has 0 saturated heterocycles. The number of rotatable bonds is 4. The van der Waals surface area contributed by atoms with Gasteiger partial charge in [-0.15, -0.1) is 11.3 Å². The van der Waals surface area contributed by atoms with E-state index in [1.54, 1.807) is 30.3 Å². The van der Waals surface area contributed by atoms with Crippen LogP contribution in [0.2, 0.25) is 0 Å². The molecule has 1 heterocycles. The molecule has 0 radical (unpaired) electrons. The fraction of sp³-hybridized carbons (Fsp3) is 0.143. The second-order valence-corrected chi connectivity index (χ2v) is 5.08. The lowest BCUT2D eigenvalue weighted by Crippen LogP contribution is -2.22. The van der Waals surface area contributed by atoms with E-state index in [9.17, 15) is 14.0 Å². The first kappa shape index (κ1) is 13.4. The summed E-state index contributed by atoms with van der Waals surface area (Å²) in [4.78, 5) is 23.9. The van der Waals surface area contributed by atoms with E-state index in [2.05, 4.69) is 5.32 Å². The summed E-state index contributed by atoms with van der Waals surface area (Å²) in [5.74, 6) is -0.725. The van der Waals surface area contributed by atoms with Crippen LogP contribution < -0.4 is 5.32 Å². The average molecular weight is 277 g/mol. The van der Waals surface area contributed by atoms with Crippen molar-refractivity contribution < 1.29 is 14.0 Å². The monoisotopic (exact) mass is 277 g/mol. The van der Waals surface area contributed by atoms with Crippen LogP contribution in [0.1, 0.15) is 31.8 Å². The third kappa shape index (κ3) is 3.26. The highest BCUT2D eigenvalue weighted by Gasteiger charge is 2.11. The number of halogens is 1. The van der Waals surface area contributed by atoms with Crippen molar-refractivity contribution in [3.63, 3.8) is 0 Å². The average Bonchev–Trinajstić information content (AvgIpc) is 2.87. The van der Waals surface area contributed by atoms with Gasteiger partial charge in [0.25, 0.3) is 5.91 Å². The molecule has 1 aromatic carbocycles. The Balaban J connectivity index is 2.01. The van der Waals surface area contributed by atoms with Crippen molar-refractivity contribution in [3.05, 3.63) is 57.5 Å². The maximum atomic E-state index is 13.4. The van der Waals surface area contributed by atoms with Crippen LogP contribution in [0.15, 0.2) is 36.4 Å². The number of hydrogen-bond donors (Lipinski definition) is 1. The highest BCUT2D eigenvalue weighted by molar-refractivity contribution is 7.15. The Morgan fingerprint density at radius 2 is 1.84 bits per heavy atom. The van der Waals surface area contributed by atoms with E-state index >= 15 is 0 Å². The minimum absolute atomic E-state index is 0.0712. The normalized spacial score (nSPS) is 10.2. The number of carbonyl (C=O) groups is 2. The first-order chi connectivity index (χ1) is 9.08. The maximum Gasteiger partial charge on any atom is 0.261 e. The number of hydrogen-bond acceptors (Lipinski definition) is 3. The molecule has 1 N–H and O–H groups in total. The Hall–Kier alpha value is -2.01. The van der Waals surface area contributed by atoms with E-state index in [1.165, 1.54) is 13.0 Å². The summed E-state index contributed by atoms with van der Waals surface area (Å²) in [7, 11) is 0. The molecule has 0 unspecified atom stereocenters. The molecule has 0 aliphatic heterocycles. The number of benzene rings is 1. The lowest BCUT2D eigenvalue weighted by Gasteiger charge is -2.04. The number of nitrogens with one attached hydrogen (secondary N) is 1. The van der Waals surface area contributed by atoms with E-state index in [1.807, 2.05) is 0 Å². The molecule has 0 atom stereocenters. The van der Waals surface area contributed by atoms with Crippen LogP contribution in [-0.2, 0) is 6.54 Å². The Labute approximate surface area is 114 Å². The molecule has 0 aliphatic carbocycles. The van der Waals surface area contributed by atoms with E-state index in [0.29, 0.717) is 15.3 Å². The van der Waals surface area contributed by atoms with Gasteiger partial charge < -0.3 is 5.32 Å². The van der Waals surface area contributed by atoms with Crippen LogP contribution in [-0.4, -0.2) is 11.7 Å². The van der Waals surface area contributed by atoms with E-state index in [-0.39, 0.29) is 24.1 Å². The van der Waals surface area contributed by atoms with E-state index < -0.39 is 0 Å². The SMILES string of the molecule is CC(=O)c1ccc(C(=O)NCc2ccccc2F)s1. The Morgan fingerprint density at radius 1 is 1.16 bits per heavy atom. The standard InChI is InChI=1S/C14H12FNO2S/c1-9(17)12-6-7-13(19-12)14(18)16-8-10-4-2-3-5-11(10)15/h2-7H,8H2,1H3,(H,16,18). The van der Waals surface area contributed by atoms with Crippen LogP contribution >= 0.6 is 11.3 Å². The lowest BCUT2D eigenvalue weighted by atomic mass is 10.2. The van der Waals surface area contributed by atoms with Crippen molar-refractivity contribution in [2.75, 3.05) is 0 Å². The smallest absolute Gasteiger partial charge is 0.261 e. The van der Waals surface area contributed by atoms with Crippen LogP contribution in [0.5, 0.6) is 0 Å². The first-order valence-electron chi connectivity index (χ1n) is 5.70. The van der Waals surface area contributed by atoms with Gasteiger partial charge in [0.15, 0.2) is 5.78 Å². The first-order valence-corrected chi connectivity index (χ1v) is 6.52. The third-order valence-electron chi connectivity index (χ3n) is 2.57. The number of amides is 1. The molecular formula is C14H12FNO2S. The number of ketones is 1. The topological polar surface area (TPSA) is 46.2 Å². The summed E-state index contributed by atoms with van der Waals surface area (Å²) in [5.41, 5.74) is 0.430. The number of thiophene rings is 1. The zero-order valence-electron chi connectivity index (χ0n) is 10.3. The van der Waals surface area contributed by atoms with Gasteiger partial charge in [0.05, 0.1) is 9.75 Å². The zero-order valence-corrected chi connectivity index (χ0v) is 11.1. The predicted molar refractivity (Wildman–Crippen MR) is 71.9 cm³/mol. The molecule has 98 valence electrons. The van der Waals surface area contributed by atoms with Gasteiger partial charge in [0.1, 0.15) is 5.82 Å². The summed E-state index contributed by atoms with van der Waals surface area (Å²) in [6, 6.07) is 9.48. The molecule has 0 saturated carbocycles. The number of carbonyl (C=O) groups excluding carboxylic acids is 2. The molecule has 0 spiro atoms. The fourth-order valence-electron chi connectivity index (χ4n) is 1.55. The van der Waals surface area contributed by atoms with Crippen molar-refractivity contribution in [3.8, 4) is 0 Å². The van der Waals surface area contributed by atoms with Gasteiger partial charge in [-0.3, -0.25) is 9.59 Å². The largest absolute Gasteiger partial charge is 0.347 e. The summed E-state index contributed by atoms with van der Waals surface area (Å²) in [6.07, 6.45) is 0.